The van der Waals surface area contributed by atoms with E-state index in [4.69, 9.17) is 14.2 Å². The molecule has 0 aliphatic heterocycles. The lowest BCUT2D eigenvalue weighted by Gasteiger charge is -2.21. The largest absolute Gasteiger partial charge is 0.465 e. The second kappa shape index (κ2) is 21.1. The highest BCUT2D eigenvalue weighted by Crippen LogP contribution is 2.20. The van der Waals surface area contributed by atoms with Crippen molar-refractivity contribution in [3.05, 3.63) is 91.0 Å². The molecule has 0 spiro atoms. The lowest BCUT2D eigenvalue weighted by atomic mass is 9.96. The molecule has 3 aromatic carbocycles. The molecule has 3 N–H and O–H groups in total. The molecular formula is C36H41N3O12. The number of para-hydroxylation sites is 3. The van der Waals surface area contributed by atoms with E-state index in [1.165, 1.54) is 0 Å². The molecule has 0 aliphatic carbocycles. The zero-order chi connectivity index (χ0) is 37.0. The third-order valence-electron chi connectivity index (χ3n) is 7.58. The summed E-state index contributed by atoms with van der Waals surface area (Å²) in [4.78, 5) is 76.3. The van der Waals surface area contributed by atoms with E-state index in [0.717, 1.165) is 14.7 Å². The predicted molar refractivity (Wildman–Crippen MR) is 185 cm³/mol. The first-order valence-electron chi connectivity index (χ1n) is 16.2. The molecule has 15 heteroatoms. The van der Waals surface area contributed by atoms with Crippen molar-refractivity contribution in [2.24, 2.45) is 5.92 Å². The highest BCUT2D eigenvalue weighted by atomic mass is 16.5. The van der Waals surface area contributed by atoms with Crippen LogP contribution in [-0.4, -0.2) is 91.0 Å². The second-order valence-electron chi connectivity index (χ2n) is 11.0. The van der Waals surface area contributed by atoms with Gasteiger partial charge in [-0.3, -0.25) is 29.1 Å². The Hall–Kier alpha value is -6.12. The van der Waals surface area contributed by atoms with Crippen molar-refractivity contribution in [2.45, 2.75) is 32.1 Å². The lowest BCUT2D eigenvalue weighted by molar-refractivity contribution is -0.151. The Morgan fingerprint density at radius 1 is 0.490 bits per heavy atom. The molecule has 51 heavy (non-hydrogen) atoms. The van der Waals surface area contributed by atoms with E-state index in [0.29, 0.717) is 17.1 Å². The zero-order valence-electron chi connectivity index (χ0n) is 27.9. The van der Waals surface area contributed by atoms with E-state index >= 15 is 0 Å². The van der Waals surface area contributed by atoms with Crippen LogP contribution in [0.2, 0.25) is 0 Å². The average molecular weight is 708 g/mol. The fourth-order valence-corrected chi connectivity index (χ4v) is 5.00. The summed E-state index contributed by atoms with van der Waals surface area (Å²) in [5, 5.41) is 28.7. The van der Waals surface area contributed by atoms with Crippen LogP contribution >= 0.6 is 0 Å². The fraction of sp³-hybridized carbons (Fsp3) is 0.333. The van der Waals surface area contributed by atoms with Gasteiger partial charge in [-0.05, 0) is 55.7 Å². The standard InChI is InChI=1S/C36H41N3O12/c40-31(49-24-21-37(34(43)44)28-12-4-1-5-13-28)18-10-11-27(33(42)51-26-23-39(36(47)48)30-16-8-3-9-17-30)19-20-32(41)50-25-22-38(35(45)46)29-14-6-2-7-15-29/h1-9,12-17,27H,10-11,18-26H2,(H,43,44)(H,45,46)(H,47,48). The SMILES string of the molecule is O=C(CCCC(CCC(=O)OCCN(C(=O)O)c1ccccc1)C(=O)OCCN(C(=O)O)c1ccccc1)OCCN(C(=O)O)c1ccccc1. The maximum absolute atomic E-state index is 13.1. The molecule has 3 rings (SSSR count). The van der Waals surface area contributed by atoms with Crippen LogP contribution in [0.25, 0.3) is 0 Å². The van der Waals surface area contributed by atoms with E-state index in [-0.39, 0.29) is 71.6 Å². The first kappa shape index (κ1) is 39.3. The van der Waals surface area contributed by atoms with Crippen LogP contribution in [0.1, 0.15) is 32.1 Å². The number of carbonyl (C=O) groups is 6. The van der Waals surface area contributed by atoms with Gasteiger partial charge in [0.15, 0.2) is 0 Å². The molecule has 3 amide bonds. The Bertz CT molecular complexity index is 1570. The Morgan fingerprint density at radius 3 is 1.22 bits per heavy atom. The van der Waals surface area contributed by atoms with Gasteiger partial charge in [-0.25, -0.2) is 14.4 Å². The van der Waals surface area contributed by atoms with Crippen molar-refractivity contribution < 1.29 is 58.3 Å². The number of carbonyl (C=O) groups excluding carboxylic acids is 3. The molecule has 0 saturated heterocycles. The third-order valence-corrected chi connectivity index (χ3v) is 7.58. The van der Waals surface area contributed by atoms with Crippen LogP contribution in [0.5, 0.6) is 0 Å². The number of nitrogens with zero attached hydrogens (tertiary/aromatic N) is 3. The van der Waals surface area contributed by atoms with Gasteiger partial charge in [0, 0.05) is 29.9 Å². The van der Waals surface area contributed by atoms with E-state index < -0.39 is 42.1 Å². The lowest BCUT2D eigenvalue weighted by Crippen LogP contribution is -2.34. The Kier molecular flexibility index (Phi) is 16.2. The molecule has 0 fully saturated rings. The molecule has 0 saturated carbocycles. The highest BCUT2D eigenvalue weighted by Gasteiger charge is 2.24. The molecule has 0 radical (unpaired) electrons. The molecule has 15 nitrogen and oxygen atoms in total. The summed E-state index contributed by atoms with van der Waals surface area (Å²) < 4.78 is 15.8. The molecule has 1 atom stereocenters. The number of esters is 3. The topological polar surface area (TPSA) is 201 Å². The first-order chi connectivity index (χ1) is 24.6. The maximum atomic E-state index is 13.1. The Labute approximate surface area is 294 Å². The van der Waals surface area contributed by atoms with Gasteiger partial charge in [-0.1, -0.05) is 54.6 Å². The predicted octanol–water partition coefficient (Wildman–Crippen LogP) is 5.74. The minimum Gasteiger partial charge on any atom is -0.465 e. The van der Waals surface area contributed by atoms with Crippen molar-refractivity contribution in [3.8, 4) is 0 Å². The third kappa shape index (κ3) is 13.7. The van der Waals surface area contributed by atoms with Crippen molar-refractivity contribution in [1.29, 1.82) is 0 Å². The van der Waals surface area contributed by atoms with Crippen LogP contribution < -0.4 is 14.7 Å². The average Bonchev–Trinajstić information content (AvgIpc) is 3.12. The summed E-state index contributed by atoms with van der Waals surface area (Å²) in [5.74, 6) is -2.84. The molecular weight excluding hydrogens is 666 g/mol. The Balaban J connectivity index is 1.52. The first-order valence-corrected chi connectivity index (χ1v) is 16.2. The fourth-order valence-electron chi connectivity index (χ4n) is 5.00. The smallest absolute Gasteiger partial charge is 0.411 e. The molecule has 0 aliphatic rings. The van der Waals surface area contributed by atoms with E-state index in [1.807, 2.05) is 0 Å². The molecule has 0 aromatic heterocycles. The van der Waals surface area contributed by atoms with Crippen LogP contribution in [0, 0.1) is 5.92 Å². The van der Waals surface area contributed by atoms with Crippen LogP contribution in [0.15, 0.2) is 91.0 Å². The number of rotatable bonds is 20. The van der Waals surface area contributed by atoms with Gasteiger partial charge in [0.25, 0.3) is 0 Å². The quantitative estimate of drug-likeness (QED) is 0.0952. The van der Waals surface area contributed by atoms with Gasteiger partial charge >= 0.3 is 36.2 Å². The number of carboxylic acid groups (broad SMARTS) is 3. The summed E-state index contributed by atoms with van der Waals surface area (Å²) >= 11 is 0. The van der Waals surface area contributed by atoms with Crippen LogP contribution in [0.4, 0.5) is 31.4 Å². The van der Waals surface area contributed by atoms with Gasteiger partial charge in [-0.2, -0.15) is 0 Å². The van der Waals surface area contributed by atoms with Gasteiger partial charge in [0.2, 0.25) is 0 Å². The second-order valence-corrected chi connectivity index (χ2v) is 11.0. The van der Waals surface area contributed by atoms with Gasteiger partial charge in [0.05, 0.1) is 25.6 Å². The van der Waals surface area contributed by atoms with Crippen molar-refractivity contribution in [2.75, 3.05) is 54.2 Å². The molecule has 1 unspecified atom stereocenters. The van der Waals surface area contributed by atoms with Crippen LogP contribution in [0.3, 0.4) is 0 Å². The summed E-state index contributed by atoms with van der Waals surface area (Å²) in [6, 6.07) is 24.9. The highest BCUT2D eigenvalue weighted by molar-refractivity contribution is 5.87. The zero-order valence-corrected chi connectivity index (χ0v) is 27.9. The van der Waals surface area contributed by atoms with Gasteiger partial charge in [-0.15, -0.1) is 0 Å². The minimum absolute atomic E-state index is 0.0139. The number of hydrogen-bond donors (Lipinski definition) is 3. The Morgan fingerprint density at radius 2 is 0.843 bits per heavy atom. The number of hydrogen-bond acceptors (Lipinski definition) is 9. The van der Waals surface area contributed by atoms with E-state index in [2.05, 4.69) is 0 Å². The van der Waals surface area contributed by atoms with Crippen molar-refractivity contribution >= 4 is 53.2 Å². The normalized spacial score (nSPS) is 11.1. The number of amides is 3. The van der Waals surface area contributed by atoms with Crippen LogP contribution in [-0.2, 0) is 28.6 Å². The van der Waals surface area contributed by atoms with Crippen molar-refractivity contribution in [1.82, 2.24) is 0 Å². The molecule has 0 bridgehead atoms. The number of benzene rings is 3. The maximum Gasteiger partial charge on any atom is 0.411 e. The summed E-state index contributed by atoms with van der Waals surface area (Å²) in [6.45, 7) is -1.04. The minimum atomic E-state index is -1.24. The number of ether oxygens (including phenoxy) is 3. The van der Waals surface area contributed by atoms with Crippen molar-refractivity contribution in [3.63, 3.8) is 0 Å². The summed E-state index contributed by atoms with van der Waals surface area (Å²) in [7, 11) is 0. The molecule has 3 aromatic rings. The van der Waals surface area contributed by atoms with Gasteiger partial charge < -0.3 is 29.5 Å². The summed E-state index contributed by atoms with van der Waals surface area (Å²) in [5.41, 5.74) is 1.22. The van der Waals surface area contributed by atoms with E-state index in [1.54, 1.807) is 91.0 Å². The van der Waals surface area contributed by atoms with Gasteiger partial charge in [0.1, 0.15) is 19.8 Å². The monoisotopic (exact) mass is 707 g/mol. The summed E-state index contributed by atoms with van der Waals surface area (Å²) in [6.07, 6.45) is -3.69. The molecule has 272 valence electrons. The van der Waals surface area contributed by atoms with E-state index in [9.17, 15) is 44.1 Å². The molecule has 0 heterocycles. The number of anilines is 3.